The van der Waals surface area contributed by atoms with Crippen LogP contribution in [0.1, 0.15) is 27.7 Å². The Balaban J connectivity index is 1.90. The van der Waals surface area contributed by atoms with Crippen molar-refractivity contribution < 1.29 is 0 Å². The number of rotatable bonds is 9. The molecule has 0 aliphatic rings. The Labute approximate surface area is 208 Å². The largest absolute Gasteiger partial charge is 0.357 e. The molecular formula is C22H28N2S6. The van der Waals surface area contributed by atoms with E-state index in [1.54, 1.807) is 43.2 Å². The number of nitrogens with zero attached hydrogens (tertiary/aromatic N) is 2. The second kappa shape index (κ2) is 13.9. The third-order valence-corrected chi connectivity index (χ3v) is 10.7. The van der Waals surface area contributed by atoms with Gasteiger partial charge in [-0.1, -0.05) is 70.3 Å². The second-order valence-corrected chi connectivity index (χ2v) is 11.9. The first-order valence-corrected chi connectivity index (χ1v) is 15.1. The summed E-state index contributed by atoms with van der Waals surface area (Å²) in [4.78, 5) is 6.83. The van der Waals surface area contributed by atoms with Crippen molar-refractivity contribution >= 4 is 76.3 Å². The highest BCUT2D eigenvalue weighted by molar-refractivity contribution is 8.84. The van der Waals surface area contributed by atoms with Crippen LogP contribution < -0.4 is 0 Å². The first-order valence-electron chi connectivity index (χ1n) is 9.99. The molecule has 0 saturated carbocycles. The monoisotopic (exact) mass is 512 g/mol. The highest BCUT2D eigenvalue weighted by Crippen LogP contribution is 2.36. The molecule has 0 heterocycles. The van der Waals surface area contributed by atoms with Crippen LogP contribution in [0.15, 0.2) is 58.3 Å². The van der Waals surface area contributed by atoms with Gasteiger partial charge in [0.2, 0.25) is 0 Å². The summed E-state index contributed by atoms with van der Waals surface area (Å²) in [5.41, 5.74) is 2.44. The Morgan fingerprint density at radius 2 is 0.900 bits per heavy atom. The Morgan fingerprint density at radius 1 is 0.600 bits per heavy atom. The molecule has 162 valence electrons. The Hall–Kier alpha value is -0.380. The van der Waals surface area contributed by atoms with Gasteiger partial charge >= 0.3 is 0 Å². The molecule has 0 atom stereocenters. The molecular weight excluding hydrogens is 485 g/mol. The van der Waals surface area contributed by atoms with Gasteiger partial charge in [0.25, 0.3) is 0 Å². The molecule has 2 rings (SSSR count). The molecule has 0 aliphatic carbocycles. The van der Waals surface area contributed by atoms with Crippen molar-refractivity contribution in [3.05, 3.63) is 48.5 Å². The van der Waals surface area contributed by atoms with Crippen molar-refractivity contribution in [3.8, 4) is 11.1 Å². The van der Waals surface area contributed by atoms with E-state index in [2.05, 4.69) is 86.0 Å². The SMILES string of the molecule is CCN(CC)C(=S)SSc1ccc(-c2ccc(SSC(=S)N(CC)CC)cc2)cc1. The van der Waals surface area contributed by atoms with Crippen LogP contribution in [0.2, 0.25) is 0 Å². The van der Waals surface area contributed by atoms with Crippen LogP contribution in [0.3, 0.4) is 0 Å². The molecule has 0 aromatic heterocycles. The maximum absolute atomic E-state index is 5.51. The van der Waals surface area contributed by atoms with Crippen LogP contribution in [0.25, 0.3) is 11.1 Å². The smallest absolute Gasteiger partial charge is 0.147 e. The van der Waals surface area contributed by atoms with E-state index in [0.717, 1.165) is 34.8 Å². The summed E-state index contributed by atoms with van der Waals surface area (Å²) in [6, 6.07) is 17.4. The van der Waals surface area contributed by atoms with Crippen LogP contribution in [-0.2, 0) is 0 Å². The van der Waals surface area contributed by atoms with Crippen LogP contribution in [0, 0.1) is 0 Å². The maximum Gasteiger partial charge on any atom is 0.147 e. The predicted octanol–water partition coefficient (Wildman–Crippen LogP) is 8.09. The van der Waals surface area contributed by atoms with E-state index in [4.69, 9.17) is 24.4 Å². The molecule has 30 heavy (non-hydrogen) atoms. The Morgan fingerprint density at radius 3 is 1.17 bits per heavy atom. The van der Waals surface area contributed by atoms with Crippen LogP contribution >= 0.6 is 67.6 Å². The quantitative estimate of drug-likeness (QED) is 0.242. The van der Waals surface area contributed by atoms with Crippen molar-refractivity contribution in [1.82, 2.24) is 9.80 Å². The van der Waals surface area contributed by atoms with Gasteiger partial charge < -0.3 is 9.80 Å². The van der Waals surface area contributed by atoms with Crippen molar-refractivity contribution in [1.29, 1.82) is 0 Å². The number of benzene rings is 2. The molecule has 2 nitrogen and oxygen atoms in total. The molecule has 0 spiro atoms. The van der Waals surface area contributed by atoms with E-state index >= 15 is 0 Å². The van der Waals surface area contributed by atoms with Gasteiger partial charge in [-0.25, -0.2) is 0 Å². The Kier molecular flexibility index (Phi) is 12.0. The van der Waals surface area contributed by atoms with Crippen molar-refractivity contribution in [2.24, 2.45) is 0 Å². The topological polar surface area (TPSA) is 6.48 Å². The summed E-state index contributed by atoms with van der Waals surface area (Å²) in [5.74, 6) is 0. The second-order valence-electron chi connectivity index (χ2n) is 6.26. The van der Waals surface area contributed by atoms with Crippen molar-refractivity contribution in [2.75, 3.05) is 26.2 Å². The highest BCUT2D eigenvalue weighted by atomic mass is 33.1. The summed E-state index contributed by atoms with van der Waals surface area (Å²) in [7, 11) is 6.76. The number of thiocarbonyl (C=S) groups is 2. The third kappa shape index (κ3) is 7.95. The number of hydrogen-bond donors (Lipinski definition) is 0. The molecule has 0 aliphatic heterocycles. The van der Waals surface area contributed by atoms with Crippen LogP contribution in [0.5, 0.6) is 0 Å². The minimum Gasteiger partial charge on any atom is -0.357 e. The molecule has 8 heteroatoms. The predicted molar refractivity (Wildman–Crippen MR) is 150 cm³/mol. The fraction of sp³-hybridized carbons (Fsp3) is 0.364. The van der Waals surface area contributed by atoms with E-state index in [0.29, 0.717) is 0 Å². The first kappa shape index (κ1) is 25.9. The maximum atomic E-state index is 5.51. The minimum atomic E-state index is 0.945. The lowest BCUT2D eigenvalue weighted by atomic mass is 10.1. The molecule has 0 saturated heterocycles. The molecule has 0 radical (unpaired) electrons. The summed E-state index contributed by atoms with van der Waals surface area (Å²) in [6.07, 6.45) is 0. The van der Waals surface area contributed by atoms with Gasteiger partial charge in [-0.3, -0.25) is 0 Å². The zero-order valence-electron chi connectivity index (χ0n) is 17.8. The van der Waals surface area contributed by atoms with E-state index in [9.17, 15) is 0 Å². The van der Waals surface area contributed by atoms with E-state index in [1.165, 1.54) is 20.9 Å². The molecule has 0 unspecified atom stereocenters. The molecule has 0 N–H and O–H groups in total. The van der Waals surface area contributed by atoms with Gasteiger partial charge in [0.05, 0.1) is 0 Å². The number of hydrogen-bond acceptors (Lipinski definition) is 6. The Bertz CT molecular complexity index is 730. The normalized spacial score (nSPS) is 10.7. The van der Waals surface area contributed by atoms with E-state index in [1.807, 2.05) is 0 Å². The summed E-state index contributed by atoms with van der Waals surface area (Å²) in [5, 5.41) is 0. The molecule has 0 bridgehead atoms. The summed E-state index contributed by atoms with van der Waals surface area (Å²) in [6.45, 7) is 12.4. The molecule has 2 aromatic carbocycles. The molecule has 0 fully saturated rings. The zero-order chi connectivity index (χ0) is 21.9. The van der Waals surface area contributed by atoms with Gasteiger partial charge in [0.1, 0.15) is 8.64 Å². The summed E-state index contributed by atoms with van der Waals surface area (Å²) >= 11 is 11.0. The lowest BCUT2D eigenvalue weighted by molar-refractivity contribution is 0.482. The zero-order valence-corrected chi connectivity index (χ0v) is 22.7. The van der Waals surface area contributed by atoms with E-state index < -0.39 is 0 Å². The van der Waals surface area contributed by atoms with Gasteiger partial charge in [-0.15, -0.1) is 0 Å². The van der Waals surface area contributed by atoms with E-state index in [-0.39, 0.29) is 0 Å². The fourth-order valence-electron chi connectivity index (χ4n) is 2.64. The molecule has 2 aromatic rings. The van der Waals surface area contributed by atoms with Crippen LogP contribution in [-0.4, -0.2) is 44.6 Å². The lowest BCUT2D eigenvalue weighted by Crippen LogP contribution is -2.25. The van der Waals surface area contributed by atoms with Crippen molar-refractivity contribution in [2.45, 2.75) is 37.5 Å². The average Bonchev–Trinajstić information content (AvgIpc) is 2.78. The first-order chi connectivity index (χ1) is 14.5. The fourth-order valence-corrected chi connectivity index (χ4v) is 7.63. The standard InChI is InChI=1S/C22H28N2S6/c1-5-23(6-2)21(25)29-27-19-13-9-17(10-14-19)18-11-15-20(16-12-18)28-30-22(26)24(7-3)8-4/h9-16H,5-8H2,1-4H3. The molecule has 0 amide bonds. The van der Waals surface area contributed by atoms with Gasteiger partial charge in [-0.05, 0) is 84.7 Å². The van der Waals surface area contributed by atoms with Gasteiger partial charge in [0.15, 0.2) is 0 Å². The summed E-state index contributed by atoms with van der Waals surface area (Å²) < 4.78 is 1.89. The van der Waals surface area contributed by atoms with Gasteiger partial charge in [0, 0.05) is 36.0 Å². The van der Waals surface area contributed by atoms with Crippen LogP contribution in [0.4, 0.5) is 0 Å². The van der Waals surface area contributed by atoms with Gasteiger partial charge in [-0.2, -0.15) is 0 Å². The highest BCUT2D eigenvalue weighted by Gasteiger charge is 2.09. The third-order valence-electron chi connectivity index (χ3n) is 4.50. The van der Waals surface area contributed by atoms with Crippen molar-refractivity contribution in [3.63, 3.8) is 0 Å². The minimum absolute atomic E-state index is 0.945. The lowest BCUT2D eigenvalue weighted by Gasteiger charge is -2.20. The average molecular weight is 513 g/mol.